The van der Waals surface area contributed by atoms with E-state index in [-0.39, 0.29) is 12.4 Å². The summed E-state index contributed by atoms with van der Waals surface area (Å²) >= 11 is 0. The Balaban J connectivity index is 0.00000108. The first-order valence-corrected chi connectivity index (χ1v) is 6.45. The first-order valence-electron chi connectivity index (χ1n) is 6.45. The maximum absolute atomic E-state index is 5.34. The number of nitrogens with one attached hydrogen (secondary N) is 1. The third-order valence-corrected chi connectivity index (χ3v) is 3.78. The van der Waals surface area contributed by atoms with Crippen LogP contribution < -0.4 is 5.32 Å². The fourth-order valence-corrected chi connectivity index (χ4v) is 2.62. The van der Waals surface area contributed by atoms with Gasteiger partial charge in [-0.25, -0.2) is 0 Å². The molecule has 0 aromatic carbocycles. The lowest BCUT2D eigenvalue weighted by Crippen LogP contribution is -2.43. The highest BCUT2D eigenvalue weighted by atomic mass is 35.5. The summed E-state index contributed by atoms with van der Waals surface area (Å²) in [4.78, 5) is 4.55. The quantitative estimate of drug-likeness (QED) is 0.903. The average Bonchev–Trinajstić information content (AvgIpc) is 2.73. The van der Waals surface area contributed by atoms with E-state index in [1.165, 1.54) is 32.1 Å². The van der Waals surface area contributed by atoms with Crippen LogP contribution >= 0.6 is 12.4 Å². The Morgan fingerprint density at radius 2 is 1.94 bits per heavy atom. The molecule has 0 amide bonds. The van der Waals surface area contributed by atoms with Gasteiger partial charge >= 0.3 is 0 Å². The molecule has 2 aliphatic rings. The second kappa shape index (κ2) is 5.83. The van der Waals surface area contributed by atoms with Crippen LogP contribution in [0.15, 0.2) is 4.52 Å². The summed E-state index contributed by atoms with van der Waals surface area (Å²) in [5.41, 5.74) is 0. The Hall–Kier alpha value is -0.610. The van der Waals surface area contributed by atoms with Crippen molar-refractivity contribution in [1.29, 1.82) is 0 Å². The summed E-state index contributed by atoms with van der Waals surface area (Å²) in [6, 6.07) is 0. The van der Waals surface area contributed by atoms with E-state index in [2.05, 4.69) is 15.5 Å². The predicted molar refractivity (Wildman–Crippen MR) is 67.4 cm³/mol. The van der Waals surface area contributed by atoms with E-state index in [0.717, 1.165) is 31.2 Å². The molecule has 0 bridgehead atoms. The van der Waals surface area contributed by atoms with Gasteiger partial charge in [0.05, 0.1) is 0 Å². The minimum absolute atomic E-state index is 0. The number of hydrogen-bond donors (Lipinski definition) is 1. The van der Waals surface area contributed by atoms with E-state index < -0.39 is 0 Å². The first kappa shape index (κ1) is 12.8. The molecule has 3 rings (SSSR count). The van der Waals surface area contributed by atoms with E-state index in [1.807, 2.05) is 0 Å². The van der Waals surface area contributed by atoms with Crippen LogP contribution in [0.25, 0.3) is 0 Å². The van der Waals surface area contributed by atoms with Crippen molar-refractivity contribution in [2.24, 2.45) is 5.92 Å². The third-order valence-electron chi connectivity index (χ3n) is 3.78. The number of halogens is 1. The van der Waals surface area contributed by atoms with Gasteiger partial charge < -0.3 is 9.84 Å². The molecular formula is C12H20ClN3O. The summed E-state index contributed by atoms with van der Waals surface area (Å²) in [7, 11) is 0. The summed E-state index contributed by atoms with van der Waals surface area (Å²) in [6.45, 7) is 2.20. The van der Waals surface area contributed by atoms with Crippen LogP contribution in [0.3, 0.4) is 0 Å². The Morgan fingerprint density at radius 3 is 2.59 bits per heavy atom. The molecule has 1 saturated heterocycles. The Kier molecular flexibility index (Phi) is 4.40. The van der Waals surface area contributed by atoms with Crippen molar-refractivity contribution in [3.63, 3.8) is 0 Å². The molecule has 17 heavy (non-hydrogen) atoms. The van der Waals surface area contributed by atoms with Crippen molar-refractivity contribution in [2.75, 3.05) is 13.1 Å². The van der Waals surface area contributed by atoms with Crippen molar-refractivity contribution in [3.05, 3.63) is 11.7 Å². The van der Waals surface area contributed by atoms with Crippen LogP contribution in [0.2, 0.25) is 0 Å². The lowest BCUT2D eigenvalue weighted by Gasteiger charge is -2.25. The Morgan fingerprint density at radius 1 is 1.18 bits per heavy atom. The molecule has 1 saturated carbocycles. The number of aromatic nitrogens is 2. The molecule has 1 N–H and O–H groups in total. The van der Waals surface area contributed by atoms with Crippen LogP contribution in [0.1, 0.15) is 49.7 Å². The highest BCUT2D eigenvalue weighted by Crippen LogP contribution is 2.30. The van der Waals surface area contributed by atoms with Crippen molar-refractivity contribution in [1.82, 2.24) is 15.5 Å². The van der Waals surface area contributed by atoms with Gasteiger partial charge in [-0.05, 0) is 31.8 Å². The second-order valence-corrected chi connectivity index (χ2v) is 5.11. The fraction of sp³-hybridized carbons (Fsp3) is 0.833. The van der Waals surface area contributed by atoms with Gasteiger partial charge in [0.2, 0.25) is 5.89 Å². The smallest absolute Gasteiger partial charge is 0.227 e. The maximum Gasteiger partial charge on any atom is 0.227 e. The van der Waals surface area contributed by atoms with Crippen molar-refractivity contribution in [3.8, 4) is 0 Å². The molecule has 2 heterocycles. The number of nitrogens with zero attached hydrogens (tertiary/aromatic N) is 2. The lowest BCUT2D eigenvalue weighted by atomic mass is 9.89. The molecule has 4 nitrogen and oxygen atoms in total. The molecule has 0 atom stereocenters. The van der Waals surface area contributed by atoms with Crippen molar-refractivity contribution in [2.45, 2.75) is 44.4 Å². The topological polar surface area (TPSA) is 51.0 Å². The number of hydrogen-bond acceptors (Lipinski definition) is 4. The molecule has 1 aromatic heterocycles. The van der Waals surface area contributed by atoms with Gasteiger partial charge in [0.15, 0.2) is 5.82 Å². The highest BCUT2D eigenvalue weighted by molar-refractivity contribution is 5.85. The van der Waals surface area contributed by atoms with E-state index in [1.54, 1.807) is 0 Å². The van der Waals surface area contributed by atoms with E-state index in [9.17, 15) is 0 Å². The molecule has 0 unspecified atom stereocenters. The second-order valence-electron chi connectivity index (χ2n) is 5.11. The molecule has 1 aliphatic heterocycles. The molecule has 1 aromatic rings. The maximum atomic E-state index is 5.34. The minimum Gasteiger partial charge on any atom is -0.339 e. The number of rotatable bonds is 3. The van der Waals surface area contributed by atoms with Crippen LogP contribution in [0.4, 0.5) is 0 Å². The zero-order valence-electron chi connectivity index (χ0n) is 10.0. The van der Waals surface area contributed by atoms with Gasteiger partial charge in [0.1, 0.15) is 0 Å². The van der Waals surface area contributed by atoms with Crippen LogP contribution in [0, 0.1) is 5.92 Å². The molecular weight excluding hydrogens is 238 g/mol. The van der Waals surface area contributed by atoms with E-state index >= 15 is 0 Å². The molecule has 1 aliphatic carbocycles. The first-order chi connectivity index (χ1) is 7.92. The molecule has 5 heteroatoms. The van der Waals surface area contributed by atoms with E-state index in [0.29, 0.717) is 11.8 Å². The average molecular weight is 258 g/mol. The molecule has 0 radical (unpaired) electrons. The van der Waals surface area contributed by atoms with E-state index in [4.69, 9.17) is 4.52 Å². The summed E-state index contributed by atoms with van der Waals surface area (Å²) in [5.74, 6) is 3.07. The van der Waals surface area contributed by atoms with Crippen LogP contribution in [0.5, 0.6) is 0 Å². The van der Waals surface area contributed by atoms with Gasteiger partial charge in [-0.2, -0.15) is 4.98 Å². The Labute approximate surface area is 108 Å². The fourth-order valence-electron chi connectivity index (χ4n) is 2.62. The zero-order chi connectivity index (χ0) is 10.8. The lowest BCUT2D eigenvalue weighted by molar-refractivity contribution is 0.293. The normalized spacial score (nSPS) is 21.9. The molecule has 0 spiro atoms. The van der Waals surface area contributed by atoms with Gasteiger partial charge in [-0.1, -0.05) is 24.4 Å². The summed E-state index contributed by atoms with van der Waals surface area (Å²) in [6.07, 6.45) is 7.44. The summed E-state index contributed by atoms with van der Waals surface area (Å²) < 4.78 is 5.34. The SMILES string of the molecule is C1CCC(c2noc(CC3CNC3)n2)CC1.Cl. The molecule has 96 valence electrons. The summed E-state index contributed by atoms with van der Waals surface area (Å²) in [5, 5.41) is 7.41. The standard InChI is InChI=1S/C12H19N3O.ClH/c1-2-4-10(5-3-1)12-14-11(16-15-12)6-9-7-13-8-9;/h9-10,13H,1-8H2;1H. The largest absolute Gasteiger partial charge is 0.339 e. The van der Waals surface area contributed by atoms with Crippen LogP contribution in [-0.4, -0.2) is 23.2 Å². The van der Waals surface area contributed by atoms with Crippen molar-refractivity contribution >= 4 is 12.4 Å². The monoisotopic (exact) mass is 257 g/mol. The predicted octanol–water partition coefficient (Wildman–Crippen LogP) is 2.30. The highest BCUT2D eigenvalue weighted by Gasteiger charge is 2.23. The third kappa shape index (κ3) is 2.99. The van der Waals surface area contributed by atoms with Gasteiger partial charge in [-0.3, -0.25) is 0 Å². The van der Waals surface area contributed by atoms with Gasteiger partial charge in [0.25, 0.3) is 0 Å². The minimum atomic E-state index is 0. The van der Waals surface area contributed by atoms with Gasteiger partial charge in [-0.15, -0.1) is 12.4 Å². The zero-order valence-corrected chi connectivity index (χ0v) is 10.8. The van der Waals surface area contributed by atoms with Gasteiger partial charge in [0, 0.05) is 12.3 Å². The molecule has 2 fully saturated rings. The van der Waals surface area contributed by atoms with Crippen molar-refractivity contribution < 1.29 is 4.52 Å². The van der Waals surface area contributed by atoms with Crippen LogP contribution in [-0.2, 0) is 6.42 Å². The Bertz CT molecular complexity index is 345.